The van der Waals surface area contributed by atoms with E-state index in [4.69, 9.17) is 9.84 Å². The summed E-state index contributed by atoms with van der Waals surface area (Å²) in [6.45, 7) is 2.44. The fraction of sp³-hybridized carbons (Fsp3) is 0.533. The molecule has 1 aromatic carbocycles. The summed E-state index contributed by atoms with van der Waals surface area (Å²) in [7, 11) is 0. The van der Waals surface area contributed by atoms with Gasteiger partial charge >= 0.3 is 5.97 Å². The summed E-state index contributed by atoms with van der Waals surface area (Å²) in [4.78, 5) is 11.7. The van der Waals surface area contributed by atoms with Gasteiger partial charge in [0.05, 0.1) is 6.61 Å². The van der Waals surface area contributed by atoms with Crippen LogP contribution in [0.4, 0.5) is 0 Å². The molecule has 0 unspecified atom stereocenters. The Labute approximate surface area is 118 Å². The topological polar surface area (TPSA) is 87.0 Å². The van der Waals surface area contributed by atoms with Crippen LogP contribution in [0.3, 0.4) is 0 Å². The summed E-state index contributed by atoms with van der Waals surface area (Å²) in [6, 6.07) is 2.35. The van der Waals surface area contributed by atoms with Crippen molar-refractivity contribution in [1.82, 2.24) is 0 Å². The van der Waals surface area contributed by atoms with Crippen LogP contribution in [-0.2, 0) is 4.74 Å². The maximum Gasteiger partial charge on any atom is 0.342 e. The van der Waals surface area contributed by atoms with Crippen molar-refractivity contribution in [1.29, 1.82) is 0 Å². The van der Waals surface area contributed by atoms with Gasteiger partial charge in [0.15, 0.2) is 11.5 Å². The minimum Gasteiger partial charge on any atom is -0.504 e. The fourth-order valence-electron chi connectivity index (χ4n) is 1.86. The zero-order valence-corrected chi connectivity index (χ0v) is 11.8. The Morgan fingerprint density at radius 1 is 1.00 bits per heavy atom. The molecule has 5 nitrogen and oxygen atoms in total. The highest BCUT2D eigenvalue weighted by Gasteiger charge is 2.18. The average molecular weight is 282 g/mol. The van der Waals surface area contributed by atoms with E-state index in [1.807, 2.05) is 0 Å². The van der Waals surface area contributed by atoms with Crippen molar-refractivity contribution in [2.45, 2.75) is 45.4 Å². The van der Waals surface area contributed by atoms with E-state index in [1.54, 1.807) is 0 Å². The Morgan fingerprint density at radius 3 is 2.35 bits per heavy atom. The maximum atomic E-state index is 11.7. The third kappa shape index (κ3) is 4.64. The monoisotopic (exact) mass is 282 g/mol. The first kappa shape index (κ1) is 16.1. The summed E-state index contributed by atoms with van der Waals surface area (Å²) in [5, 5.41) is 28.0. The highest BCUT2D eigenvalue weighted by atomic mass is 16.5. The predicted molar refractivity (Wildman–Crippen MR) is 75.1 cm³/mol. The lowest BCUT2D eigenvalue weighted by Crippen LogP contribution is -2.06. The van der Waals surface area contributed by atoms with Crippen molar-refractivity contribution >= 4 is 5.97 Å². The van der Waals surface area contributed by atoms with E-state index in [0.29, 0.717) is 0 Å². The number of unbranched alkanes of at least 4 members (excludes halogenated alkanes) is 5. The van der Waals surface area contributed by atoms with Crippen LogP contribution in [-0.4, -0.2) is 27.9 Å². The molecular weight excluding hydrogens is 260 g/mol. The molecule has 0 aliphatic rings. The molecule has 0 fully saturated rings. The van der Waals surface area contributed by atoms with Crippen LogP contribution in [0.5, 0.6) is 17.2 Å². The molecule has 3 N–H and O–H groups in total. The normalized spacial score (nSPS) is 10.4. The third-order valence-corrected chi connectivity index (χ3v) is 3.08. The fourth-order valence-corrected chi connectivity index (χ4v) is 1.86. The molecule has 5 heteroatoms. The Morgan fingerprint density at radius 2 is 1.65 bits per heavy atom. The molecule has 0 aliphatic carbocycles. The first-order chi connectivity index (χ1) is 9.57. The van der Waals surface area contributed by atoms with Crippen molar-refractivity contribution in [2.24, 2.45) is 0 Å². The molecule has 1 aromatic rings. The molecular formula is C15H22O5. The van der Waals surface area contributed by atoms with Gasteiger partial charge in [-0.2, -0.15) is 0 Å². The SMILES string of the molecule is CCCCCCCCOC(=O)c1ccc(O)c(O)c1O. The number of benzene rings is 1. The number of phenols is 3. The number of aromatic hydroxyl groups is 3. The van der Waals surface area contributed by atoms with E-state index in [0.717, 1.165) is 25.3 Å². The Kier molecular flexibility index (Phi) is 6.70. The van der Waals surface area contributed by atoms with Gasteiger partial charge in [0, 0.05) is 0 Å². The minimum absolute atomic E-state index is 0.147. The standard InChI is InChI=1S/C15H22O5/c1-2-3-4-5-6-7-10-20-15(19)11-8-9-12(16)14(18)13(11)17/h8-9,16-18H,2-7,10H2,1H3. The van der Waals surface area contributed by atoms with Crippen LogP contribution in [0.2, 0.25) is 0 Å². The van der Waals surface area contributed by atoms with E-state index >= 15 is 0 Å². The molecule has 112 valence electrons. The van der Waals surface area contributed by atoms with Crippen molar-refractivity contribution < 1.29 is 24.9 Å². The van der Waals surface area contributed by atoms with Gasteiger partial charge in [-0.3, -0.25) is 0 Å². The molecule has 0 atom stereocenters. The molecule has 0 saturated carbocycles. The molecule has 0 aliphatic heterocycles. The average Bonchev–Trinajstić information content (AvgIpc) is 2.43. The van der Waals surface area contributed by atoms with Gasteiger partial charge in [-0.1, -0.05) is 39.0 Å². The van der Waals surface area contributed by atoms with Gasteiger partial charge in [0.2, 0.25) is 5.75 Å². The molecule has 0 aromatic heterocycles. The highest BCUT2D eigenvalue weighted by molar-refractivity contribution is 5.93. The summed E-state index contributed by atoms with van der Waals surface area (Å²) >= 11 is 0. The predicted octanol–water partition coefficient (Wildman–Crippen LogP) is 3.32. The van der Waals surface area contributed by atoms with Crippen LogP contribution in [0.15, 0.2) is 12.1 Å². The number of carbonyl (C=O) groups is 1. The zero-order valence-electron chi connectivity index (χ0n) is 11.8. The second-order valence-electron chi connectivity index (χ2n) is 4.73. The molecule has 0 spiro atoms. The molecule has 0 saturated heterocycles. The van der Waals surface area contributed by atoms with Crippen molar-refractivity contribution in [2.75, 3.05) is 6.61 Å². The maximum absolute atomic E-state index is 11.7. The van der Waals surface area contributed by atoms with Crippen molar-refractivity contribution in [3.8, 4) is 17.2 Å². The van der Waals surface area contributed by atoms with E-state index < -0.39 is 23.2 Å². The second-order valence-corrected chi connectivity index (χ2v) is 4.73. The van der Waals surface area contributed by atoms with Crippen LogP contribution in [0.25, 0.3) is 0 Å². The van der Waals surface area contributed by atoms with Crippen molar-refractivity contribution in [3.05, 3.63) is 17.7 Å². The summed E-state index contributed by atoms with van der Waals surface area (Å²) < 4.78 is 5.02. The smallest absolute Gasteiger partial charge is 0.342 e. The molecule has 0 amide bonds. The first-order valence-corrected chi connectivity index (χ1v) is 6.99. The molecule has 0 bridgehead atoms. The van der Waals surface area contributed by atoms with E-state index in [1.165, 1.54) is 25.3 Å². The van der Waals surface area contributed by atoms with Crippen molar-refractivity contribution in [3.63, 3.8) is 0 Å². The minimum atomic E-state index is -0.709. The van der Waals surface area contributed by atoms with E-state index in [-0.39, 0.29) is 12.2 Å². The number of rotatable bonds is 8. The molecule has 20 heavy (non-hydrogen) atoms. The number of hydrogen-bond donors (Lipinski definition) is 3. The molecule has 0 radical (unpaired) electrons. The lowest BCUT2D eigenvalue weighted by molar-refractivity contribution is 0.0493. The van der Waals surface area contributed by atoms with Crippen LogP contribution >= 0.6 is 0 Å². The quantitative estimate of drug-likeness (QED) is 0.387. The van der Waals surface area contributed by atoms with Crippen LogP contribution in [0, 0.1) is 0 Å². The number of ether oxygens (including phenoxy) is 1. The van der Waals surface area contributed by atoms with Gasteiger partial charge < -0.3 is 20.1 Å². The Bertz CT molecular complexity index is 442. The number of hydrogen-bond acceptors (Lipinski definition) is 5. The summed E-state index contributed by atoms with van der Waals surface area (Å²) in [6.07, 6.45) is 6.51. The second kappa shape index (κ2) is 8.30. The largest absolute Gasteiger partial charge is 0.504 e. The van der Waals surface area contributed by atoms with Gasteiger partial charge in [-0.25, -0.2) is 4.79 Å². The van der Waals surface area contributed by atoms with E-state index in [9.17, 15) is 15.0 Å². The van der Waals surface area contributed by atoms with E-state index in [2.05, 4.69) is 6.92 Å². The molecule has 1 rings (SSSR count). The first-order valence-electron chi connectivity index (χ1n) is 6.99. The highest BCUT2D eigenvalue weighted by Crippen LogP contribution is 2.37. The summed E-state index contributed by atoms with van der Waals surface area (Å²) in [5.74, 6) is -2.54. The Hall–Kier alpha value is -1.91. The lowest BCUT2D eigenvalue weighted by atomic mass is 10.1. The summed E-state index contributed by atoms with van der Waals surface area (Å²) in [5.41, 5.74) is -0.147. The number of phenolic OH excluding ortho intramolecular Hbond substituents is 3. The van der Waals surface area contributed by atoms with Gasteiger partial charge in [-0.05, 0) is 18.6 Å². The lowest BCUT2D eigenvalue weighted by Gasteiger charge is -2.08. The van der Waals surface area contributed by atoms with Crippen LogP contribution < -0.4 is 0 Å². The third-order valence-electron chi connectivity index (χ3n) is 3.08. The zero-order chi connectivity index (χ0) is 15.0. The Balaban J connectivity index is 2.35. The van der Waals surface area contributed by atoms with Gasteiger partial charge in [0.25, 0.3) is 0 Å². The number of esters is 1. The van der Waals surface area contributed by atoms with Gasteiger partial charge in [-0.15, -0.1) is 0 Å². The molecule has 0 heterocycles. The number of carbonyl (C=O) groups excluding carboxylic acids is 1. The van der Waals surface area contributed by atoms with Gasteiger partial charge in [0.1, 0.15) is 5.56 Å². The van der Waals surface area contributed by atoms with Crippen LogP contribution in [0.1, 0.15) is 55.8 Å².